The summed E-state index contributed by atoms with van der Waals surface area (Å²) in [6.07, 6.45) is 3.39. The van der Waals surface area contributed by atoms with Crippen molar-refractivity contribution in [1.82, 2.24) is 10.6 Å². The van der Waals surface area contributed by atoms with Gasteiger partial charge in [0.2, 0.25) is 0 Å². The molecule has 0 amide bonds. The van der Waals surface area contributed by atoms with E-state index in [-0.39, 0.29) is 0 Å². The Bertz CT molecular complexity index is 606. The van der Waals surface area contributed by atoms with E-state index in [0.29, 0.717) is 0 Å². The largest absolute Gasteiger partial charge is 0.372 e. The van der Waals surface area contributed by atoms with Gasteiger partial charge in [-0.2, -0.15) is 0 Å². The summed E-state index contributed by atoms with van der Waals surface area (Å²) in [6.45, 7) is 0. The van der Waals surface area contributed by atoms with Gasteiger partial charge < -0.3 is 4.84 Å². The molecule has 14 heavy (non-hydrogen) atoms. The van der Waals surface area contributed by atoms with Crippen LogP contribution in [0.5, 0.6) is 0 Å². The number of hydrogen-bond acceptors (Lipinski definition) is 4. The Kier molecular flexibility index (Phi) is 1.41. The summed E-state index contributed by atoms with van der Waals surface area (Å²) >= 11 is 0. The summed E-state index contributed by atoms with van der Waals surface area (Å²) in [5, 5.41) is 6.85. The molecule has 1 aromatic heterocycles. The minimum absolute atomic E-state index is 0.849. The molecule has 0 atom stereocenters. The maximum atomic E-state index is 4.92. The second-order valence-electron chi connectivity index (χ2n) is 3.01. The van der Waals surface area contributed by atoms with Crippen LogP contribution in [0.15, 0.2) is 35.6 Å². The predicted molar refractivity (Wildman–Crippen MR) is 51.2 cm³/mol. The molecule has 0 radical (unpaired) electrons. The van der Waals surface area contributed by atoms with Crippen molar-refractivity contribution in [2.24, 2.45) is 5.10 Å². The summed E-state index contributed by atoms with van der Waals surface area (Å²) < 4.78 is 0. The van der Waals surface area contributed by atoms with Crippen LogP contribution in [0.4, 0.5) is 0 Å². The van der Waals surface area contributed by atoms with Crippen LogP contribution in [0.25, 0.3) is 17.2 Å². The van der Waals surface area contributed by atoms with Crippen molar-refractivity contribution in [1.29, 1.82) is 0 Å². The Morgan fingerprint density at radius 2 is 2.21 bits per heavy atom. The van der Waals surface area contributed by atoms with Crippen molar-refractivity contribution in [2.45, 2.75) is 0 Å². The first-order valence-electron chi connectivity index (χ1n) is 4.27. The zero-order chi connectivity index (χ0) is 9.38. The van der Waals surface area contributed by atoms with Gasteiger partial charge in [0.15, 0.2) is 0 Å². The second-order valence-corrected chi connectivity index (χ2v) is 3.01. The summed E-state index contributed by atoms with van der Waals surface area (Å²) in [5.41, 5.74) is 3.36. The average Bonchev–Trinajstić information content (AvgIpc) is 2.29. The van der Waals surface area contributed by atoms with Crippen molar-refractivity contribution in [3.8, 4) is 0 Å². The molecule has 0 bridgehead atoms. The number of nitrogens with zero attached hydrogens (tertiary/aromatic N) is 2. The molecule has 1 aliphatic heterocycles. The van der Waals surface area contributed by atoms with Crippen LogP contribution in [-0.2, 0) is 4.84 Å². The number of benzene rings is 1. The van der Waals surface area contributed by atoms with Crippen LogP contribution in [-0.4, -0.2) is 4.98 Å². The van der Waals surface area contributed by atoms with Gasteiger partial charge in [-0.1, -0.05) is 12.1 Å². The molecule has 1 N–H and O–H groups in total. The summed E-state index contributed by atoms with van der Waals surface area (Å²) in [6, 6.07) is 7.85. The van der Waals surface area contributed by atoms with Gasteiger partial charge >= 0.3 is 0 Å². The van der Waals surface area contributed by atoms with E-state index in [1.165, 1.54) is 0 Å². The standard InChI is InChI=1S/C10H7N3O/c1-2-7-3-4-9-8(6-14-13-12-9)10(7)11-5-1/h1-6,13H. The second kappa shape index (κ2) is 2.70. The topological polar surface area (TPSA) is 46.5 Å². The minimum Gasteiger partial charge on any atom is -0.372 e. The zero-order valence-electron chi connectivity index (χ0n) is 7.27. The molecule has 0 fully saturated rings. The fourth-order valence-electron chi connectivity index (χ4n) is 1.53. The van der Waals surface area contributed by atoms with Crippen LogP contribution in [0.2, 0.25) is 0 Å². The molecule has 4 heteroatoms. The lowest BCUT2D eigenvalue weighted by Crippen LogP contribution is -2.33. The highest BCUT2D eigenvalue weighted by atomic mass is 16.7. The fraction of sp³-hybridized carbons (Fsp3) is 0. The SMILES string of the molecule is C1=c2c(ccc3cccnc23)=NNO1. The number of rotatable bonds is 0. The highest BCUT2D eigenvalue weighted by Gasteiger charge is 2.00. The highest BCUT2D eigenvalue weighted by Crippen LogP contribution is 2.03. The van der Waals surface area contributed by atoms with Gasteiger partial charge in [0.05, 0.1) is 16.1 Å². The van der Waals surface area contributed by atoms with E-state index >= 15 is 0 Å². The Hall–Kier alpha value is -2.10. The van der Waals surface area contributed by atoms with Crippen LogP contribution in [0.1, 0.15) is 0 Å². The quantitative estimate of drug-likeness (QED) is 0.630. The molecule has 68 valence electrons. The van der Waals surface area contributed by atoms with Gasteiger partial charge in [-0.15, -0.1) is 10.7 Å². The van der Waals surface area contributed by atoms with E-state index in [1.807, 2.05) is 24.3 Å². The number of hydrogen-bond donors (Lipinski definition) is 1. The molecule has 0 saturated carbocycles. The molecule has 1 aromatic carbocycles. The normalized spacial score (nSPS) is 13.1. The maximum Gasteiger partial charge on any atom is 0.132 e. The van der Waals surface area contributed by atoms with E-state index in [1.54, 1.807) is 12.5 Å². The van der Waals surface area contributed by atoms with E-state index < -0.39 is 0 Å². The Labute approximate surface area is 79.5 Å². The van der Waals surface area contributed by atoms with Gasteiger partial charge in [0.1, 0.15) is 6.26 Å². The van der Waals surface area contributed by atoms with Crippen molar-refractivity contribution < 1.29 is 4.84 Å². The first-order chi connectivity index (χ1) is 6.95. The third kappa shape index (κ3) is 0.939. The van der Waals surface area contributed by atoms with E-state index in [2.05, 4.69) is 15.7 Å². The molecular formula is C10H7N3O. The third-order valence-corrected chi connectivity index (χ3v) is 2.19. The molecule has 0 unspecified atom stereocenters. The Morgan fingerprint density at radius 3 is 3.21 bits per heavy atom. The number of fused-ring (bicyclic) bond motifs is 3. The third-order valence-electron chi connectivity index (χ3n) is 2.19. The molecule has 1 aliphatic rings. The fourth-order valence-corrected chi connectivity index (χ4v) is 1.53. The highest BCUT2D eigenvalue weighted by molar-refractivity contribution is 5.78. The Balaban J connectivity index is 2.60. The molecule has 0 saturated heterocycles. The maximum absolute atomic E-state index is 4.92. The smallest absolute Gasteiger partial charge is 0.132 e. The van der Waals surface area contributed by atoms with Crippen LogP contribution >= 0.6 is 0 Å². The minimum atomic E-state index is 0.849. The van der Waals surface area contributed by atoms with Crippen LogP contribution in [0.3, 0.4) is 0 Å². The van der Waals surface area contributed by atoms with E-state index in [9.17, 15) is 0 Å². The van der Waals surface area contributed by atoms with Crippen molar-refractivity contribution in [2.75, 3.05) is 0 Å². The van der Waals surface area contributed by atoms with Gasteiger partial charge in [-0.3, -0.25) is 4.98 Å². The van der Waals surface area contributed by atoms with E-state index in [0.717, 1.165) is 21.5 Å². The molecule has 0 aliphatic carbocycles. The van der Waals surface area contributed by atoms with Gasteiger partial charge in [0, 0.05) is 11.6 Å². The van der Waals surface area contributed by atoms with Crippen LogP contribution < -0.4 is 16.2 Å². The molecule has 2 heterocycles. The van der Waals surface area contributed by atoms with Gasteiger partial charge in [-0.25, -0.2) is 0 Å². The summed E-state index contributed by atoms with van der Waals surface area (Å²) in [7, 11) is 0. The van der Waals surface area contributed by atoms with Gasteiger partial charge in [0.25, 0.3) is 0 Å². The molecule has 3 rings (SSSR count). The Morgan fingerprint density at radius 1 is 1.21 bits per heavy atom. The molecule has 4 nitrogen and oxygen atoms in total. The van der Waals surface area contributed by atoms with E-state index in [4.69, 9.17) is 4.84 Å². The van der Waals surface area contributed by atoms with Crippen molar-refractivity contribution >= 4 is 17.2 Å². The summed E-state index contributed by atoms with van der Waals surface area (Å²) in [4.78, 5) is 9.22. The first kappa shape index (κ1) is 7.32. The molecule has 2 aromatic rings. The summed E-state index contributed by atoms with van der Waals surface area (Å²) in [5.74, 6) is 0. The molecule has 0 spiro atoms. The van der Waals surface area contributed by atoms with Crippen molar-refractivity contribution in [3.05, 3.63) is 41.0 Å². The molecular weight excluding hydrogens is 178 g/mol. The van der Waals surface area contributed by atoms with Gasteiger partial charge in [-0.05, 0) is 12.1 Å². The lowest BCUT2D eigenvalue weighted by atomic mass is 10.2. The average molecular weight is 185 g/mol. The lowest BCUT2D eigenvalue weighted by molar-refractivity contribution is 0.166. The lowest BCUT2D eigenvalue weighted by Gasteiger charge is -2.04. The zero-order valence-corrected chi connectivity index (χ0v) is 7.27. The number of aromatic nitrogens is 1. The number of nitrogens with one attached hydrogen (secondary N) is 1. The number of pyridine rings is 1. The van der Waals surface area contributed by atoms with Crippen molar-refractivity contribution in [3.63, 3.8) is 0 Å². The first-order valence-corrected chi connectivity index (χ1v) is 4.27. The van der Waals surface area contributed by atoms with Crippen LogP contribution in [0, 0.1) is 0 Å². The predicted octanol–water partition coefficient (Wildman–Crippen LogP) is 0.0422. The monoisotopic (exact) mass is 185 g/mol.